The quantitative estimate of drug-likeness (QED) is 0.746. The van der Waals surface area contributed by atoms with Crippen LogP contribution < -0.4 is 4.74 Å². The molecule has 2 rings (SSSR count). The van der Waals surface area contributed by atoms with Crippen LogP contribution in [0.15, 0.2) is 42.7 Å². The zero-order valence-corrected chi connectivity index (χ0v) is 8.27. The molecule has 2 nitrogen and oxygen atoms in total. The van der Waals surface area contributed by atoms with Gasteiger partial charge in [0, 0.05) is 6.20 Å². The van der Waals surface area contributed by atoms with Crippen LogP contribution >= 0.6 is 0 Å². The van der Waals surface area contributed by atoms with Gasteiger partial charge < -0.3 is 4.74 Å². The van der Waals surface area contributed by atoms with Crippen LogP contribution in [0.2, 0.25) is 0 Å². The summed E-state index contributed by atoms with van der Waals surface area (Å²) >= 11 is 0. The summed E-state index contributed by atoms with van der Waals surface area (Å²) in [7, 11) is 0. The summed E-state index contributed by atoms with van der Waals surface area (Å²) < 4.78 is 18.7. The molecule has 15 heavy (non-hydrogen) atoms. The van der Waals surface area contributed by atoms with Gasteiger partial charge in [-0.25, -0.2) is 4.39 Å². The van der Waals surface area contributed by atoms with Crippen LogP contribution in [-0.2, 0) is 0 Å². The number of ether oxygens (including phenoxy) is 1. The number of hydrogen-bond acceptors (Lipinski definition) is 2. The summed E-state index contributed by atoms with van der Waals surface area (Å²) in [5.74, 6) is 0.384. The van der Waals surface area contributed by atoms with E-state index in [4.69, 9.17) is 4.74 Å². The highest BCUT2D eigenvalue weighted by Crippen LogP contribution is 2.24. The van der Waals surface area contributed by atoms with Gasteiger partial charge in [0.2, 0.25) is 0 Å². The lowest BCUT2D eigenvalue weighted by atomic mass is 10.2. The molecular weight excluding hydrogens is 193 g/mol. The van der Waals surface area contributed by atoms with Gasteiger partial charge in [0.15, 0.2) is 11.6 Å². The molecule has 3 heteroatoms. The molecule has 1 aromatic heterocycles. The maximum absolute atomic E-state index is 13.3. The Balaban J connectivity index is 2.28. The van der Waals surface area contributed by atoms with Crippen LogP contribution in [0, 0.1) is 12.7 Å². The van der Waals surface area contributed by atoms with Gasteiger partial charge in [-0.15, -0.1) is 0 Å². The van der Waals surface area contributed by atoms with Crippen LogP contribution in [-0.4, -0.2) is 4.98 Å². The monoisotopic (exact) mass is 203 g/mol. The predicted molar refractivity (Wildman–Crippen MR) is 55.4 cm³/mol. The van der Waals surface area contributed by atoms with E-state index in [0.717, 1.165) is 5.56 Å². The number of nitrogens with zero attached hydrogens (tertiary/aromatic N) is 1. The molecule has 0 unspecified atom stereocenters. The number of halogens is 1. The fraction of sp³-hybridized carbons (Fsp3) is 0.0833. The average molecular weight is 203 g/mol. The van der Waals surface area contributed by atoms with Gasteiger partial charge >= 0.3 is 0 Å². The molecule has 1 aromatic carbocycles. The molecule has 0 spiro atoms. The van der Waals surface area contributed by atoms with E-state index in [0.29, 0.717) is 5.75 Å². The summed E-state index contributed by atoms with van der Waals surface area (Å²) in [5, 5.41) is 0. The van der Waals surface area contributed by atoms with Crippen molar-refractivity contribution in [3.05, 3.63) is 54.1 Å². The first-order chi connectivity index (χ1) is 7.25. The third-order valence-electron chi connectivity index (χ3n) is 1.95. The van der Waals surface area contributed by atoms with Crippen molar-refractivity contribution < 1.29 is 9.13 Å². The Morgan fingerprint density at radius 3 is 2.87 bits per heavy atom. The second-order valence-electron chi connectivity index (χ2n) is 3.22. The maximum Gasteiger partial charge on any atom is 0.165 e. The Labute approximate surface area is 87.4 Å². The molecule has 0 saturated heterocycles. The van der Waals surface area contributed by atoms with Crippen molar-refractivity contribution in [3.63, 3.8) is 0 Å². The average Bonchev–Trinajstić information content (AvgIpc) is 2.25. The fourth-order valence-corrected chi connectivity index (χ4v) is 1.22. The van der Waals surface area contributed by atoms with Crippen molar-refractivity contribution in [3.8, 4) is 11.5 Å². The van der Waals surface area contributed by atoms with Crippen molar-refractivity contribution in [2.24, 2.45) is 0 Å². The molecule has 0 saturated carbocycles. The largest absolute Gasteiger partial charge is 0.453 e. The molecule has 0 aliphatic heterocycles. The lowest BCUT2D eigenvalue weighted by Crippen LogP contribution is -1.89. The van der Waals surface area contributed by atoms with E-state index in [2.05, 4.69) is 4.98 Å². The zero-order chi connectivity index (χ0) is 10.7. The SMILES string of the molecule is Cc1ccc(F)c(Oc2cccnc2)c1. The minimum Gasteiger partial charge on any atom is -0.453 e. The van der Waals surface area contributed by atoms with Crippen LogP contribution in [0.25, 0.3) is 0 Å². The van der Waals surface area contributed by atoms with Crippen LogP contribution in [0.3, 0.4) is 0 Å². The van der Waals surface area contributed by atoms with Crippen LogP contribution in [0.5, 0.6) is 11.5 Å². The van der Waals surface area contributed by atoms with Gasteiger partial charge in [0.1, 0.15) is 5.75 Å². The number of benzene rings is 1. The number of aryl methyl sites for hydroxylation is 1. The van der Waals surface area contributed by atoms with Crippen molar-refractivity contribution in [1.29, 1.82) is 0 Å². The van der Waals surface area contributed by atoms with Crippen molar-refractivity contribution in [1.82, 2.24) is 4.98 Å². The minimum atomic E-state index is -0.371. The van der Waals surface area contributed by atoms with E-state index < -0.39 is 0 Å². The highest BCUT2D eigenvalue weighted by atomic mass is 19.1. The normalized spacial score (nSPS) is 10.0. The second kappa shape index (κ2) is 4.09. The molecule has 2 aromatic rings. The van der Waals surface area contributed by atoms with E-state index in [-0.39, 0.29) is 11.6 Å². The number of pyridine rings is 1. The molecule has 76 valence electrons. The van der Waals surface area contributed by atoms with Gasteiger partial charge in [0.25, 0.3) is 0 Å². The zero-order valence-electron chi connectivity index (χ0n) is 8.27. The predicted octanol–water partition coefficient (Wildman–Crippen LogP) is 3.32. The highest BCUT2D eigenvalue weighted by Gasteiger charge is 2.04. The Kier molecular flexibility index (Phi) is 2.63. The summed E-state index contributed by atoms with van der Waals surface area (Å²) in [4.78, 5) is 3.89. The second-order valence-corrected chi connectivity index (χ2v) is 3.22. The fourth-order valence-electron chi connectivity index (χ4n) is 1.22. The molecule has 0 radical (unpaired) electrons. The van der Waals surface area contributed by atoms with Crippen LogP contribution in [0.4, 0.5) is 4.39 Å². The molecule has 0 aliphatic carbocycles. The summed E-state index contributed by atoms with van der Waals surface area (Å²) in [6, 6.07) is 8.21. The van der Waals surface area contributed by atoms with Crippen molar-refractivity contribution >= 4 is 0 Å². The molecule has 1 heterocycles. The molecule has 0 aliphatic rings. The van der Waals surface area contributed by atoms with Crippen molar-refractivity contribution in [2.45, 2.75) is 6.92 Å². The minimum absolute atomic E-state index is 0.225. The first-order valence-electron chi connectivity index (χ1n) is 4.60. The lowest BCUT2D eigenvalue weighted by Gasteiger charge is -2.06. The van der Waals surface area contributed by atoms with Crippen molar-refractivity contribution in [2.75, 3.05) is 0 Å². The van der Waals surface area contributed by atoms with Gasteiger partial charge in [-0.2, -0.15) is 0 Å². The van der Waals surface area contributed by atoms with Gasteiger partial charge in [-0.3, -0.25) is 4.98 Å². The molecule has 0 atom stereocenters. The van der Waals surface area contributed by atoms with E-state index in [1.54, 1.807) is 36.7 Å². The Bertz CT molecular complexity index is 456. The highest BCUT2D eigenvalue weighted by molar-refractivity contribution is 5.33. The van der Waals surface area contributed by atoms with Crippen LogP contribution in [0.1, 0.15) is 5.56 Å². The Hall–Kier alpha value is -1.90. The summed E-state index contributed by atoms with van der Waals surface area (Å²) in [5.41, 5.74) is 0.954. The molecule has 0 fully saturated rings. The summed E-state index contributed by atoms with van der Waals surface area (Å²) in [6.45, 7) is 1.88. The van der Waals surface area contributed by atoms with E-state index >= 15 is 0 Å². The van der Waals surface area contributed by atoms with E-state index in [9.17, 15) is 4.39 Å². The Morgan fingerprint density at radius 2 is 2.13 bits per heavy atom. The molecule has 0 N–H and O–H groups in total. The molecule has 0 amide bonds. The van der Waals surface area contributed by atoms with Gasteiger partial charge in [-0.1, -0.05) is 6.07 Å². The van der Waals surface area contributed by atoms with E-state index in [1.807, 2.05) is 6.92 Å². The molecule has 0 bridgehead atoms. The standard InChI is InChI=1S/C12H10FNO/c1-9-4-5-11(13)12(7-9)15-10-3-2-6-14-8-10/h2-8H,1H3. The number of rotatable bonds is 2. The number of hydrogen-bond donors (Lipinski definition) is 0. The van der Waals surface area contributed by atoms with Gasteiger partial charge in [0.05, 0.1) is 6.20 Å². The smallest absolute Gasteiger partial charge is 0.165 e. The van der Waals surface area contributed by atoms with Gasteiger partial charge in [-0.05, 0) is 36.8 Å². The third kappa shape index (κ3) is 2.31. The van der Waals surface area contributed by atoms with E-state index in [1.165, 1.54) is 6.07 Å². The topological polar surface area (TPSA) is 22.1 Å². The number of aromatic nitrogens is 1. The lowest BCUT2D eigenvalue weighted by molar-refractivity contribution is 0.440. The molecular formula is C12H10FNO. The maximum atomic E-state index is 13.3. The third-order valence-corrected chi connectivity index (χ3v) is 1.95. The first-order valence-corrected chi connectivity index (χ1v) is 4.60. The first kappa shape index (κ1) is 9.65. The Morgan fingerprint density at radius 1 is 1.27 bits per heavy atom. The summed E-state index contributed by atoms with van der Waals surface area (Å²) in [6.07, 6.45) is 3.18.